The summed E-state index contributed by atoms with van der Waals surface area (Å²) in [5.41, 5.74) is 6.95. The fourth-order valence-corrected chi connectivity index (χ4v) is 1.53. The van der Waals surface area contributed by atoms with E-state index in [-0.39, 0.29) is 25.0 Å². The second-order valence-corrected chi connectivity index (χ2v) is 5.29. The Morgan fingerprint density at radius 1 is 1.33 bits per heavy atom. The SMILES string of the molecule is CC(C)(C)OC(=O)Cc1ccc(C(N)CO)cc1. The molecule has 1 atom stereocenters. The highest BCUT2D eigenvalue weighted by molar-refractivity contribution is 5.73. The van der Waals surface area contributed by atoms with E-state index in [2.05, 4.69) is 0 Å². The lowest BCUT2D eigenvalue weighted by Gasteiger charge is -2.19. The normalized spacial score (nSPS) is 13.2. The zero-order valence-corrected chi connectivity index (χ0v) is 11.1. The Morgan fingerprint density at radius 3 is 2.33 bits per heavy atom. The van der Waals surface area contributed by atoms with Crippen LogP contribution in [0, 0.1) is 0 Å². The Balaban J connectivity index is 2.61. The number of nitrogens with two attached hydrogens (primary N) is 1. The number of ether oxygens (including phenoxy) is 1. The van der Waals surface area contributed by atoms with Crippen LogP contribution < -0.4 is 5.73 Å². The van der Waals surface area contributed by atoms with Crippen LogP contribution in [0.2, 0.25) is 0 Å². The first kappa shape index (κ1) is 14.7. The van der Waals surface area contributed by atoms with Gasteiger partial charge in [0.1, 0.15) is 5.60 Å². The van der Waals surface area contributed by atoms with Gasteiger partial charge in [-0.15, -0.1) is 0 Å². The quantitative estimate of drug-likeness (QED) is 0.797. The maximum Gasteiger partial charge on any atom is 0.310 e. The van der Waals surface area contributed by atoms with Gasteiger partial charge in [0, 0.05) is 0 Å². The Bertz CT molecular complexity index is 392. The molecule has 0 fully saturated rings. The van der Waals surface area contributed by atoms with Gasteiger partial charge in [0.2, 0.25) is 0 Å². The van der Waals surface area contributed by atoms with Gasteiger partial charge < -0.3 is 15.6 Å². The Labute approximate surface area is 108 Å². The Morgan fingerprint density at radius 2 is 1.89 bits per heavy atom. The molecule has 1 aromatic carbocycles. The van der Waals surface area contributed by atoms with E-state index in [1.54, 1.807) is 0 Å². The summed E-state index contributed by atoms with van der Waals surface area (Å²) in [6, 6.07) is 6.92. The fourth-order valence-electron chi connectivity index (χ4n) is 1.53. The molecule has 3 N–H and O–H groups in total. The lowest BCUT2D eigenvalue weighted by atomic mass is 10.0. The van der Waals surface area contributed by atoms with Crippen molar-refractivity contribution in [3.8, 4) is 0 Å². The summed E-state index contributed by atoms with van der Waals surface area (Å²) < 4.78 is 5.24. The molecular formula is C14H21NO3. The zero-order valence-electron chi connectivity index (χ0n) is 11.1. The third kappa shape index (κ3) is 4.85. The molecule has 0 aliphatic carbocycles. The highest BCUT2D eigenvalue weighted by atomic mass is 16.6. The molecular weight excluding hydrogens is 230 g/mol. The van der Waals surface area contributed by atoms with E-state index in [0.717, 1.165) is 11.1 Å². The topological polar surface area (TPSA) is 72.5 Å². The molecule has 0 aliphatic rings. The molecule has 0 aromatic heterocycles. The van der Waals surface area contributed by atoms with Gasteiger partial charge in [0.25, 0.3) is 0 Å². The van der Waals surface area contributed by atoms with E-state index in [1.165, 1.54) is 0 Å². The maximum absolute atomic E-state index is 11.6. The average Bonchev–Trinajstić information content (AvgIpc) is 2.26. The lowest BCUT2D eigenvalue weighted by molar-refractivity contribution is -0.153. The summed E-state index contributed by atoms with van der Waals surface area (Å²) in [7, 11) is 0. The van der Waals surface area contributed by atoms with Crippen LogP contribution in [0.4, 0.5) is 0 Å². The molecule has 0 heterocycles. The van der Waals surface area contributed by atoms with Gasteiger partial charge in [-0.1, -0.05) is 24.3 Å². The summed E-state index contributed by atoms with van der Waals surface area (Å²) in [6.07, 6.45) is 0.242. The number of carbonyl (C=O) groups excluding carboxylic acids is 1. The molecule has 0 aliphatic heterocycles. The minimum Gasteiger partial charge on any atom is -0.460 e. The fraction of sp³-hybridized carbons (Fsp3) is 0.500. The standard InChI is InChI=1S/C14H21NO3/c1-14(2,3)18-13(17)8-10-4-6-11(7-5-10)12(15)9-16/h4-7,12,16H,8-9,15H2,1-3H3. The van der Waals surface area contributed by atoms with Crippen molar-refractivity contribution in [3.05, 3.63) is 35.4 Å². The highest BCUT2D eigenvalue weighted by Gasteiger charge is 2.16. The van der Waals surface area contributed by atoms with Gasteiger partial charge in [0.05, 0.1) is 19.1 Å². The van der Waals surface area contributed by atoms with Crippen molar-refractivity contribution in [2.45, 2.75) is 38.8 Å². The van der Waals surface area contributed by atoms with E-state index in [1.807, 2.05) is 45.0 Å². The predicted molar refractivity (Wildman–Crippen MR) is 70.0 cm³/mol. The highest BCUT2D eigenvalue weighted by Crippen LogP contribution is 2.13. The average molecular weight is 251 g/mol. The minimum absolute atomic E-state index is 0.0919. The van der Waals surface area contributed by atoms with E-state index < -0.39 is 5.60 Å². The summed E-state index contributed by atoms with van der Waals surface area (Å²) in [5.74, 6) is -0.248. The van der Waals surface area contributed by atoms with Crippen LogP contribution >= 0.6 is 0 Å². The van der Waals surface area contributed by atoms with Gasteiger partial charge in [-0.05, 0) is 31.9 Å². The van der Waals surface area contributed by atoms with Crippen molar-refractivity contribution in [2.24, 2.45) is 5.73 Å². The van der Waals surface area contributed by atoms with Gasteiger partial charge in [-0.2, -0.15) is 0 Å². The summed E-state index contributed by atoms with van der Waals surface area (Å²) >= 11 is 0. The number of benzene rings is 1. The van der Waals surface area contributed by atoms with Crippen molar-refractivity contribution in [2.75, 3.05) is 6.61 Å². The molecule has 18 heavy (non-hydrogen) atoms. The van der Waals surface area contributed by atoms with E-state index in [9.17, 15) is 4.79 Å². The molecule has 0 saturated carbocycles. The van der Waals surface area contributed by atoms with Crippen LogP contribution in [-0.4, -0.2) is 23.3 Å². The van der Waals surface area contributed by atoms with Crippen LogP contribution in [-0.2, 0) is 16.0 Å². The van der Waals surface area contributed by atoms with Crippen LogP contribution in [0.3, 0.4) is 0 Å². The van der Waals surface area contributed by atoms with Crippen molar-refractivity contribution in [1.29, 1.82) is 0 Å². The number of carbonyl (C=O) groups is 1. The molecule has 0 amide bonds. The number of hydrogen-bond acceptors (Lipinski definition) is 4. The van der Waals surface area contributed by atoms with E-state index in [0.29, 0.717) is 0 Å². The molecule has 0 spiro atoms. The van der Waals surface area contributed by atoms with Crippen LogP contribution in [0.5, 0.6) is 0 Å². The second-order valence-electron chi connectivity index (χ2n) is 5.29. The number of aliphatic hydroxyl groups is 1. The first-order valence-corrected chi connectivity index (χ1v) is 5.99. The molecule has 0 radical (unpaired) electrons. The first-order valence-electron chi connectivity index (χ1n) is 5.99. The van der Waals surface area contributed by atoms with Crippen LogP contribution in [0.1, 0.15) is 37.9 Å². The van der Waals surface area contributed by atoms with Gasteiger partial charge >= 0.3 is 5.97 Å². The van der Waals surface area contributed by atoms with Gasteiger partial charge in [-0.3, -0.25) is 4.79 Å². The molecule has 1 unspecified atom stereocenters. The second kappa shape index (κ2) is 5.98. The maximum atomic E-state index is 11.6. The van der Waals surface area contributed by atoms with Gasteiger partial charge in [0.15, 0.2) is 0 Å². The summed E-state index contributed by atoms with van der Waals surface area (Å²) in [5, 5.41) is 8.93. The third-order valence-corrected chi connectivity index (χ3v) is 2.37. The predicted octanol–water partition coefficient (Wildman–Crippen LogP) is 1.56. The number of hydrogen-bond donors (Lipinski definition) is 2. The van der Waals surface area contributed by atoms with Crippen molar-refractivity contribution in [1.82, 2.24) is 0 Å². The molecule has 4 nitrogen and oxygen atoms in total. The van der Waals surface area contributed by atoms with Crippen LogP contribution in [0.25, 0.3) is 0 Å². The third-order valence-electron chi connectivity index (χ3n) is 2.37. The number of rotatable bonds is 4. The lowest BCUT2D eigenvalue weighted by Crippen LogP contribution is -2.24. The largest absolute Gasteiger partial charge is 0.460 e. The first-order chi connectivity index (χ1) is 8.31. The molecule has 0 saturated heterocycles. The summed E-state index contributed by atoms with van der Waals surface area (Å²) in [4.78, 5) is 11.6. The number of esters is 1. The number of aliphatic hydroxyl groups excluding tert-OH is 1. The summed E-state index contributed by atoms with van der Waals surface area (Å²) in [6.45, 7) is 5.43. The van der Waals surface area contributed by atoms with Crippen molar-refractivity contribution < 1.29 is 14.6 Å². The zero-order chi connectivity index (χ0) is 13.8. The van der Waals surface area contributed by atoms with Gasteiger partial charge in [-0.25, -0.2) is 0 Å². The monoisotopic (exact) mass is 251 g/mol. The minimum atomic E-state index is -0.462. The van der Waals surface area contributed by atoms with Crippen molar-refractivity contribution >= 4 is 5.97 Å². The van der Waals surface area contributed by atoms with E-state index >= 15 is 0 Å². The Kier molecular flexibility index (Phi) is 4.87. The molecule has 0 bridgehead atoms. The molecule has 1 rings (SSSR count). The van der Waals surface area contributed by atoms with Crippen molar-refractivity contribution in [3.63, 3.8) is 0 Å². The Hall–Kier alpha value is -1.39. The molecule has 4 heteroatoms. The van der Waals surface area contributed by atoms with Crippen LogP contribution in [0.15, 0.2) is 24.3 Å². The molecule has 1 aromatic rings. The molecule has 100 valence electrons. The van der Waals surface area contributed by atoms with E-state index in [4.69, 9.17) is 15.6 Å². The smallest absolute Gasteiger partial charge is 0.310 e.